The van der Waals surface area contributed by atoms with Crippen LogP contribution < -0.4 is 5.32 Å². The maximum absolute atomic E-state index is 4.39. The Hall–Kier alpha value is -0.480. The Bertz CT molecular complexity index is 293. The summed E-state index contributed by atoms with van der Waals surface area (Å²) >= 11 is 3.57. The number of amidine groups is 1. The van der Waals surface area contributed by atoms with Gasteiger partial charge in [-0.15, -0.1) is 0 Å². The van der Waals surface area contributed by atoms with Crippen molar-refractivity contribution in [2.75, 3.05) is 6.54 Å². The Balaban J connectivity index is 1.81. The van der Waals surface area contributed by atoms with Gasteiger partial charge in [-0.05, 0) is 22.4 Å². The van der Waals surface area contributed by atoms with Gasteiger partial charge in [-0.2, -0.15) is 11.3 Å². The maximum Gasteiger partial charge on any atom is 0.157 e. The lowest BCUT2D eigenvalue weighted by Crippen LogP contribution is -2.18. The number of hydrogen-bond acceptors (Lipinski definition) is 4. The van der Waals surface area contributed by atoms with E-state index in [9.17, 15) is 0 Å². The van der Waals surface area contributed by atoms with Crippen molar-refractivity contribution in [2.24, 2.45) is 4.99 Å². The van der Waals surface area contributed by atoms with Gasteiger partial charge >= 0.3 is 0 Å². The Morgan fingerprint density at radius 1 is 1.69 bits per heavy atom. The minimum atomic E-state index is 0.643. The van der Waals surface area contributed by atoms with Crippen LogP contribution in [-0.4, -0.2) is 17.0 Å². The van der Waals surface area contributed by atoms with Crippen molar-refractivity contribution in [1.82, 2.24) is 5.32 Å². The van der Waals surface area contributed by atoms with Crippen LogP contribution in [-0.2, 0) is 6.54 Å². The van der Waals surface area contributed by atoms with Crippen LogP contribution >= 0.6 is 23.1 Å². The fourth-order valence-corrected chi connectivity index (χ4v) is 2.65. The van der Waals surface area contributed by atoms with Crippen LogP contribution in [0.2, 0.25) is 0 Å². The SMILES string of the molecule is CC1CN=C(NCc2ccsc2)S1. The highest BCUT2D eigenvalue weighted by Crippen LogP contribution is 2.18. The van der Waals surface area contributed by atoms with E-state index in [-0.39, 0.29) is 0 Å². The standard InChI is InChI=1S/C9H12N2S2/c1-7-4-10-9(13-7)11-5-8-2-3-12-6-8/h2-3,6-7H,4-5H2,1H3,(H,10,11). The normalized spacial score (nSPS) is 21.6. The van der Waals surface area contributed by atoms with Gasteiger partial charge in [-0.25, -0.2) is 0 Å². The van der Waals surface area contributed by atoms with E-state index in [1.165, 1.54) is 5.56 Å². The first-order chi connectivity index (χ1) is 6.34. The van der Waals surface area contributed by atoms with Crippen LogP contribution in [0.3, 0.4) is 0 Å². The second-order valence-corrected chi connectivity index (χ2v) is 5.27. The molecular weight excluding hydrogens is 200 g/mol. The highest BCUT2D eigenvalue weighted by molar-refractivity contribution is 8.14. The molecule has 2 nitrogen and oxygen atoms in total. The summed E-state index contributed by atoms with van der Waals surface area (Å²) in [4.78, 5) is 4.39. The number of aliphatic imine (C=N–C) groups is 1. The van der Waals surface area contributed by atoms with Gasteiger partial charge in [0, 0.05) is 11.8 Å². The molecule has 0 saturated carbocycles. The van der Waals surface area contributed by atoms with Gasteiger partial charge in [0.25, 0.3) is 0 Å². The average Bonchev–Trinajstić information content (AvgIpc) is 2.71. The summed E-state index contributed by atoms with van der Waals surface area (Å²) in [7, 11) is 0. The fraction of sp³-hybridized carbons (Fsp3) is 0.444. The summed E-state index contributed by atoms with van der Waals surface area (Å²) in [6, 6.07) is 2.14. The molecule has 0 aromatic carbocycles. The van der Waals surface area contributed by atoms with Crippen LogP contribution in [0.1, 0.15) is 12.5 Å². The van der Waals surface area contributed by atoms with Gasteiger partial charge in [-0.1, -0.05) is 18.7 Å². The lowest BCUT2D eigenvalue weighted by Gasteiger charge is -2.03. The minimum Gasteiger partial charge on any atom is -0.361 e. The van der Waals surface area contributed by atoms with Crippen LogP contribution in [0.25, 0.3) is 0 Å². The van der Waals surface area contributed by atoms with E-state index in [1.807, 2.05) is 11.8 Å². The molecular formula is C9H12N2S2. The monoisotopic (exact) mass is 212 g/mol. The Labute approximate surface area is 86.5 Å². The molecule has 4 heteroatoms. The number of thiophene rings is 1. The smallest absolute Gasteiger partial charge is 0.157 e. The van der Waals surface area contributed by atoms with Crippen LogP contribution in [0.4, 0.5) is 0 Å². The van der Waals surface area contributed by atoms with E-state index < -0.39 is 0 Å². The van der Waals surface area contributed by atoms with Gasteiger partial charge in [0.2, 0.25) is 0 Å². The van der Waals surface area contributed by atoms with Crippen molar-refractivity contribution < 1.29 is 0 Å². The molecule has 1 aliphatic heterocycles. The summed E-state index contributed by atoms with van der Waals surface area (Å²) in [5.41, 5.74) is 1.34. The predicted octanol–water partition coefficient (Wildman–Crippen LogP) is 2.33. The van der Waals surface area contributed by atoms with E-state index in [4.69, 9.17) is 0 Å². The van der Waals surface area contributed by atoms with Gasteiger partial charge in [0.05, 0.1) is 6.54 Å². The molecule has 70 valence electrons. The summed E-state index contributed by atoms with van der Waals surface area (Å²) < 4.78 is 0. The molecule has 1 aromatic rings. The zero-order valence-electron chi connectivity index (χ0n) is 7.49. The Kier molecular flexibility index (Phi) is 2.90. The first-order valence-electron chi connectivity index (χ1n) is 4.30. The Morgan fingerprint density at radius 3 is 3.23 bits per heavy atom. The molecule has 0 fully saturated rings. The molecule has 0 saturated heterocycles. The van der Waals surface area contributed by atoms with E-state index >= 15 is 0 Å². The molecule has 0 spiro atoms. The second-order valence-electron chi connectivity index (χ2n) is 3.06. The molecule has 1 aromatic heterocycles. The zero-order valence-corrected chi connectivity index (χ0v) is 9.12. The molecule has 0 aliphatic carbocycles. The van der Waals surface area contributed by atoms with Gasteiger partial charge in [0.1, 0.15) is 0 Å². The number of rotatable bonds is 2. The van der Waals surface area contributed by atoms with Crippen molar-refractivity contribution in [2.45, 2.75) is 18.7 Å². The highest BCUT2D eigenvalue weighted by Gasteiger charge is 2.13. The third kappa shape index (κ3) is 2.48. The van der Waals surface area contributed by atoms with Crippen molar-refractivity contribution in [3.8, 4) is 0 Å². The highest BCUT2D eigenvalue weighted by atomic mass is 32.2. The lowest BCUT2D eigenvalue weighted by atomic mass is 10.3. The maximum atomic E-state index is 4.39. The molecule has 0 bridgehead atoms. The summed E-state index contributed by atoms with van der Waals surface area (Å²) in [5.74, 6) is 0. The minimum absolute atomic E-state index is 0.643. The first kappa shape index (κ1) is 9.09. The molecule has 1 atom stereocenters. The van der Waals surface area contributed by atoms with Crippen molar-refractivity contribution in [3.05, 3.63) is 22.4 Å². The number of nitrogens with one attached hydrogen (secondary N) is 1. The number of hydrogen-bond donors (Lipinski definition) is 1. The van der Waals surface area contributed by atoms with Gasteiger partial charge in [-0.3, -0.25) is 4.99 Å². The molecule has 0 amide bonds. The van der Waals surface area contributed by atoms with Crippen molar-refractivity contribution in [3.63, 3.8) is 0 Å². The largest absolute Gasteiger partial charge is 0.361 e. The molecule has 13 heavy (non-hydrogen) atoms. The van der Waals surface area contributed by atoms with E-state index in [2.05, 4.69) is 34.1 Å². The second kappa shape index (κ2) is 4.15. The topological polar surface area (TPSA) is 24.4 Å². The summed E-state index contributed by atoms with van der Waals surface area (Å²) in [6.07, 6.45) is 0. The number of thioether (sulfide) groups is 1. The van der Waals surface area contributed by atoms with Crippen LogP contribution in [0, 0.1) is 0 Å². The van der Waals surface area contributed by atoms with Crippen molar-refractivity contribution >= 4 is 28.3 Å². The summed E-state index contributed by atoms with van der Waals surface area (Å²) in [6.45, 7) is 4.06. The molecule has 1 unspecified atom stereocenters. The lowest BCUT2D eigenvalue weighted by molar-refractivity contribution is 0.917. The molecule has 1 aliphatic rings. The zero-order chi connectivity index (χ0) is 9.10. The molecule has 2 heterocycles. The van der Waals surface area contributed by atoms with Crippen LogP contribution in [0.15, 0.2) is 21.8 Å². The van der Waals surface area contributed by atoms with E-state index in [0.717, 1.165) is 18.3 Å². The van der Waals surface area contributed by atoms with Gasteiger partial charge in [0.15, 0.2) is 5.17 Å². The molecule has 2 rings (SSSR count). The first-order valence-corrected chi connectivity index (χ1v) is 6.13. The predicted molar refractivity (Wildman–Crippen MR) is 60.5 cm³/mol. The Morgan fingerprint density at radius 2 is 2.62 bits per heavy atom. The van der Waals surface area contributed by atoms with Crippen LogP contribution in [0.5, 0.6) is 0 Å². The third-order valence-corrected chi connectivity index (χ3v) is 3.61. The molecule has 1 N–H and O–H groups in total. The quantitative estimate of drug-likeness (QED) is 0.813. The van der Waals surface area contributed by atoms with E-state index in [0.29, 0.717) is 5.25 Å². The molecule has 0 radical (unpaired) electrons. The van der Waals surface area contributed by atoms with E-state index in [1.54, 1.807) is 11.3 Å². The fourth-order valence-electron chi connectivity index (χ4n) is 1.15. The number of nitrogens with zero attached hydrogens (tertiary/aromatic N) is 1. The summed E-state index contributed by atoms with van der Waals surface area (Å²) in [5, 5.41) is 9.34. The third-order valence-electron chi connectivity index (χ3n) is 1.83. The van der Waals surface area contributed by atoms with Gasteiger partial charge < -0.3 is 5.32 Å². The average molecular weight is 212 g/mol. The van der Waals surface area contributed by atoms with Crippen molar-refractivity contribution in [1.29, 1.82) is 0 Å².